The van der Waals surface area contributed by atoms with Gasteiger partial charge in [-0.3, -0.25) is 4.79 Å². The molecule has 1 heterocycles. The zero-order valence-corrected chi connectivity index (χ0v) is 21.8. The Bertz CT molecular complexity index is 1270. The van der Waals surface area contributed by atoms with Crippen molar-refractivity contribution in [2.24, 2.45) is 0 Å². The lowest BCUT2D eigenvalue weighted by atomic mass is 9.99. The second-order valence-electron chi connectivity index (χ2n) is 9.40. The number of phenolic OH excluding ortho intramolecular Hbond substituents is 1. The normalized spacial score (nSPS) is 10.7. The van der Waals surface area contributed by atoms with Crippen LogP contribution in [0.2, 0.25) is 0 Å². The molecule has 4 aromatic rings. The molecule has 0 atom stereocenters. The van der Waals surface area contributed by atoms with E-state index >= 15 is 0 Å². The number of aromatic hydroxyl groups is 1. The van der Waals surface area contributed by atoms with Gasteiger partial charge in [-0.25, -0.2) is 0 Å². The predicted octanol–water partition coefficient (Wildman–Crippen LogP) is 7.63. The van der Waals surface area contributed by atoms with Gasteiger partial charge in [-0.1, -0.05) is 62.2 Å². The van der Waals surface area contributed by atoms with Crippen LogP contribution in [0.3, 0.4) is 0 Å². The Morgan fingerprint density at radius 3 is 2.28 bits per heavy atom. The van der Waals surface area contributed by atoms with Crippen molar-refractivity contribution < 1.29 is 9.90 Å². The summed E-state index contributed by atoms with van der Waals surface area (Å²) in [5.41, 5.74) is 4.76. The van der Waals surface area contributed by atoms with Gasteiger partial charge in [-0.2, -0.15) is 0 Å². The maximum atomic E-state index is 12.3. The maximum absolute atomic E-state index is 12.3. The van der Waals surface area contributed by atoms with Crippen molar-refractivity contribution in [1.82, 2.24) is 10.3 Å². The summed E-state index contributed by atoms with van der Waals surface area (Å²) in [6, 6.07) is 20.8. The Morgan fingerprint density at radius 2 is 1.58 bits per heavy atom. The number of allylic oxidation sites excluding steroid dienone is 1. The van der Waals surface area contributed by atoms with Crippen LogP contribution >= 0.6 is 0 Å². The minimum Gasteiger partial charge on any atom is -0.508 e. The van der Waals surface area contributed by atoms with Crippen LogP contribution in [0.4, 0.5) is 0 Å². The number of hydrogen-bond donors (Lipinski definition) is 3. The van der Waals surface area contributed by atoms with Gasteiger partial charge in [0.2, 0.25) is 5.91 Å². The smallest absolute Gasteiger partial charge is 0.220 e. The number of hydrogen-bond acceptors (Lipinski definition) is 2. The number of carbonyl (C=O) groups is 1. The number of nitrogens with one attached hydrogen (secondary N) is 2. The van der Waals surface area contributed by atoms with E-state index in [-0.39, 0.29) is 11.7 Å². The lowest BCUT2D eigenvalue weighted by Crippen LogP contribution is -2.25. The Balaban J connectivity index is 0.00000115. The minimum absolute atomic E-state index is 0.0998. The number of aromatic nitrogens is 1. The van der Waals surface area contributed by atoms with Gasteiger partial charge in [0, 0.05) is 36.0 Å². The highest BCUT2D eigenvalue weighted by molar-refractivity contribution is 5.84. The molecule has 0 unspecified atom stereocenters. The largest absolute Gasteiger partial charge is 0.508 e. The van der Waals surface area contributed by atoms with Crippen molar-refractivity contribution in [2.75, 3.05) is 6.54 Å². The molecule has 0 fully saturated rings. The third kappa shape index (κ3) is 8.30. The molecule has 1 amide bonds. The summed E-state index contributed by atoms with van der Waals surface area (Å²) in [5, 5.41) is 16.2. The Labute approximate surface area is 215 Å². The molecule has 0 radical (unpaired) electrons. The Hall–Kier alpha value is -3.53. The summed E-state index contributed by atoms with van der Waals surface area (Å²) in [4.78, 5) is 15.6. The molecule has 0 spiro atoms. The van der Waals surface area contributed by atoms with E-state index in [1.54, 1.807) is 18.2 Å². The molecule has 3 N–H and O–H groups in total. The van der Waals surface area contributed by atoms with E-state index < -0.39 is 0 Å². The van der Waals surface area contributed by atoms with Crippen LogP contribution in [0, 0.1) is 0 Å². The van der Waals surface area contributed by atoms with Crippen LogP contribution in [0.25, 0.3) is 21.7 Å². The summed E-state index contributed by atoms with van der Waals surface area (Å²) >= 11 is 0. The average Bonchev–Trinajstić information content (AvgIpc) is 3.26. The number of aromatic amines is 1. The second-order valence-corrected chi connectivity index (χ2v) is 9.40. The third-order valence-electron chi connectivity index (χ3n) is 6.28. The summed E-state index contributed by atoms with van der Waals surface area (Å²) in [5.74, 6) is 0.364. The molecule has 0 saturated carbocycles. The summed E-state index contributed by atoms with van der Waals surface area (Å²) in [6.07, 6.45) is 9.72. The van der Waals surface area contributed by atoms with E-state index in [0.717, 1.165) is 42.3 Å². The molecule has 0 aliphatic heterocycles. The summed E-state index contributed by atoms with van der Waals surface area (Å²) in [7, 11) is 0. The first-order chi connectivity index (χ1) is 17.5. The van der Waals surface area contributed by atoms with E-state index in [2.05, 4.69) is 60.2 Å². The lowest BCUT2D eigenvalue weighted by molar-refractivity contribution is -0.121. The van der Waals surface area contributed by atoms with Crippen molar-refractivity contribution in [3.8, 4) is 5.75 Å². The van der Waals surface area contributed by atoms with Crippen LogP contribution in [0.1, 0.15) is 62.8 Å². The van der Waals surface area contributed by atoms with Crippen molar-refractivity contribution in [3.63, 3.8) is 0 Å². The van der Waals surface area contributed by atoms with Crippen LogP contribution in [0.15, 0.2) is 73.3 Å². The van der Waals surface area contributed by atoms with Gasteiger partial charge in [-0.05, 0) is 78.8 Å². The average molecular weight is 485 g/mol. The number of benzene rings is 3. The van der Waals surface area contributed by atoms with Crippen molar-refractivity contribution in [3.05, 3.63) is 90.1 Å². The van der Waals surface area contributed by atoms with Crippen LogP contribution in [0.5, 0.6) is 5.75 Å². The quantitative estimate of drug-likeness (QED) is 0.151. The molecule has 3 aromatic carbocycles. The summed E-state index contributed by atoms with van der Waals surface area (Å²) in [6.45, 7) is 8.10. The Morgan fingerprint density at radius 1 is 0.889 bits per heavy atom. The van der Waals surface area contributed by atoms with Gasteiger partial charge < -0.3 is 15.4 Å². The topological polar surface area (TPSA) is 65.1 Å². The molecule has 1 aromatic heterocycles. The lowest BCUT2D eigenvalue weighted by Gasteiger charge is -2.07. The standard InChI is InChI=1S/C29H34N2O2.C3H6/c1-2-3-4-6-21-9-11-23-12-10-22(18-24(23)17-21)7-5-8-29(33)30-16-15-26-19-25-20-27(32)13-14-28(25)31-26;1-3-2/h9-14,17-20,31-32H,2-8,15-16H2,1H3,(H,30,33);3H,1H2,2H3. The first-order valence-electron chi connectivity index (χ1n) is 13.2. The molecule has 0 aliphatic carbocycles. The zero-order valence-electron chi connectivity index (χ0n) is 21.8. The number of unbranched alkanes of at least 4 members (excludes halogenated alkanes) is 2. The number of aryl methyl sites for hydroxylation is 2. The molecular weight excluding hydrogens is 444 g/mol. The van der Waals surface area contributed by atoms with E-state index in [4.69, 9.17) is 0 Å². The molecule has 0 saturated heterocycles. The van der Waals surface area contributed by atoms with Crippen molar-refractivity contribution >= 4 is 27.6 Å². The first-order valence-corrected chi connectivity index (χ1v) is 13.2. The van der Waals surface area contributed by atoms with Gasteiger partial charge in [-0.15, -0.1) is 6.58 Å². The summed E-state index contributed by atoms with van der Waals surface area (Å²) < 4.78 is 0. The zero-order chi connectivity index (χ0) is 25.8. The minimum atomic E-state index is 0.0998. The monoisotopic (exact) mass is 484 g/mol. The molecule has 4 heteroatoms. The maximum Gasteiger partial charge on any atom is 0.220 e. The predicted molar refractivity (Wildman–Crippen MR) is 153 cm³/mol. The second kappa shape index (κ2) is 14.1. The molecule has 0 aliphatic rings. The SMILES string of the molecule is C=CC.CCCCCc1ccc2ccc(CCCC(=O)NCCc3cc4cc(O)ccc4[nH]3)cc2c1. The number of fused-ring (bicyclic) bond motifs is 2. The number of carbonyl (C=O) groups excluding carboxylic acids is 1. The van der Waals surface area contributed by atoms with Crippen molar-refractivity contribution in [2.45, 2.75) is 65.2 Å². The van der Waals surface area contributed by atoms with Gasteiger partial charge in [0.05, 0.1) is 0 Å². The number of amides is 1. The molecular formula is C32H40N2O2. The van der Waals surface area contributed by atoms with Gasteiger partial charge in [0.25, 0.3) is 0 Å². The van der Waals surface area contributed by atoms with E-state index in [0.29, 0.717) is 13.0 Å². The molecule has 36 heavy (non-hydrogen) atoms. The van der Waals surface area contributed by atoms with E-state index in [1.165, 1.54) is 41.2 Å². The highest BCUT2D eigenvalue weighted by Gasteiger charge is 2.05. The highest BCUT2D eigenvalue weighted by Crippen LogP contribution is 2.22. The number of H-pyrrole nitrogens is 1. The highest BCUT2D eigenvalue weighted by atomic mass is 16.3. The first kappa shape index (κ1) is 27.1. The Kier molecular flexibility index (Phi) is 10.6. The van der Waals surface area contributed by atoms with Gasteiger partial charge >= 0.3 is 0 Å². The third-order valence-corrected chi connectivity index (χ3v) is 6.28. The molecule has 4 nitrogen and oxygen atoms in total. The van der Waals surface area contributed by atoms with E-state index in [9.17, 15) is 9.90 Å². The molecule has 190 valence electrons. The number of phenols is 1. The molecule has 0 bridgehead atoms. The van der Waals surface area contributed by atoms with Crippen LogP contribution < -0.4 is 5.32 Å². The fourth-order valence-electron chi connectivity index (χ4n) is 4.43. The van der Waals surface area contributed by atoms with Crippen LogP contribution in [-0.2, 0) is 24.1 Å². The number of rotatable bonds is 11. The molecule has 4 rings (SSSR count). The van der Waals surface area contributed by atoms with Gasteiger partial charge in [0.1, 0.15) is 5.75 Å². The fraction of sp³-hybridized carbons (Fsp3) is 0.344. The van der Waals surface area contributed by atoms with Crippen molar-refractivity contribution in [1.29, 1.82) is 0 Å². The van der Waals surface area contributed by atoms with Gasteiger partial charge in [0.15, 0.2) is 0 Å². The fourth-order valence-corrected chi connectivity index (χ4v) is 4.43. The van der Waals surface area contributed by atoms with E-state index in [1.807, 2.05) is 19.1 Å². The van der Waals surface area contributed by atoms with Crippen LogP contribution in [-0.4, -0.2) is 22.5 Å².